The molecule has 0 spiro atoms. The van der Waals surface area contributed by atoms with Crippen LogP contribution in [0.5, 0.6) is 0 Å². The summed E-state index contributed by atoms with van der Waals surface area (Å²) in [5, 5.41) is 107. The van der Waals surface area contributed by atoms with Crippen molar-refractivity contribution in [3.63, 3.8) is 0 Å². The first-order valence-corrected chi connectivity index (χ1v) is 13.9. The summed E-state index contributed by atoms with van der Waals surface area (Å²) >= 11 is 0. The van der Waals surface area contributed by atoms with Crippen molar-refractivity contribution >= 4 is 0 Å². The molecule has 17 nitrogen and oxygen atoms in total. The molecule has 4 saturated heterocycles. The smallest absolute Gasteiger partial charge is 0.187 e. The predicted molar refractivity (Wildman–Crippen MR) is 135 cm³/mol. The molecule has 4 aliphatic heterocycles. The topological polar surface area (TPSA) is 278 Å². The van der Waals surface area contributed by atoms with Crippen molar-refractivity contribution in [2.75, 3.05) is 13.2 Å². The molecule has 0 aromatic rings. The van der Waals surface area contributed by atoms with E-state index in [0.717, 1.165) is 0 Å². The van der Waals surface area contributed by atoms with Gasteiger partial charge in [-0.2, -0.15) is 0 Å². The first kappa shape index (κ1) is 35.8. The van der Waals surface area contributed by atoms with Gasteiger partial charge in [0.25, 0.3) is 0 Å². The minimum absolute atomic E-state index is 0.00594. The average molecular weight is 619 g/mol. The van der Waals surface area contributed by atoms with Crippen LogP contribution in [-0.4, -0.2) is 186 Å². The van der Waals surface area contributed by atoms with E-state index in [4.69, 9.17) is 33.5 Å². The summed E-state index contributed by atoms with van der Waals surface area (Å²) < 4.78 is 32.1. The van der Waals surface area contributed by atoms with Gasteiger partial charge in [-0.3, -0.25) is 0 Å². The molecule has 19 atom stereocenters. The Balaban J connectivity index is 0.000000231. The number of rotatable bonds is 5. The van der Waals surface area contributed by atoms with Crippen LogP contribution in [0.15, 0.2) is 0 Å². The van der Waals surface area contributed by atoms with Gasteiger partial charge in [-0.25, -0.2) is 0 Å². The van der Waals surface area contributed by atoms with Crippen molar-refractivity contribution in [3.05, 3.63) is 0 Å². The molecule has 11 N–H and O–H groups in total. The molecule has 17 heteroatoms. The van der Waals surface area contributed by atoms with E-state index in [1.165, 1.54) is 13.8 Å². The van der Waals surface area contributed by atoms with E-state index in [9.17, 15) is 51.1 Å². The number of aliphatic hydroxyl groups is 11. The van der Waals surface area contributed by atoms with Crippen molar-refractivity contribution in [3.8, 4) is 0 Å². The molecular formula is C25H46O17. The summed E-state index contributed by atoms with van der Waals surface area (Å²) in [4.78, 5) is 0. The van der Waals surface area contributed by atoms with Gasteiger partial charge in [0.1, 0.15) is 79.4 Å². The molecule has 248 valence electrons. The Kier molecular flexibility index (Phi) is 12.8. The zero-order valence-electron chi connectivity index (χ0n) is 23.8. The van der Waals surface area contributed by atoms with Crippen LogP contribution in [0, 0.1) is 0 Å². The zero-order chi connectivity index (χ0) is 31.6. The lowest BCUT2D eigenvalue weighted by Gasteiger charge is -2.45. The Labute approximate surface area is 242 Å². The molecule has 0 saturated carbocycles. The highest BCUT2D eigenvalue weighted by Crippen LogP contribution is 2.29. The number of hydrogen-bond acceptors (Lipinski definition) is 17. The van der Waals surface area contributed by atoms with E-state index in [0.29, 0.717) is 0 Å². The second kappa shape index (κ2) is 15.1. The lowest BCUT2D eigenvalue weighted by molar-refractivity contribution is -0.335. The summed E-state index contributed by atoms with van der Waals surface area (Å²) in [5.74, 6) is 0. The fourth-order valence-corrected chi connectivity index (χ4v) is 5.16. The molecule has 0 aromatic heterocycles. The van der Waals surface area contributed by atoms with Gasteiger partial charge in [0.15, 0.2) is 12.6 Å². The van der Waals surface area contributed by atoms with Gasteiger partial charge < -0.3 is 84.6 Å². The van der Waals surface area contributed by atoms with Crippen molar-refractivity contribution in [2.24, 2.45) is 0 Å². The number of ether oxygens (including phenoxy) is 6. The molecule has 0 radical (unpaired) electrons. The van der Waals surface area contributed by atoms with Crippen LogP contribution in [-0.2, 0) is 28.4 Å². The quantitative estimate of drug-likeness (QED) is 0.137. The van der Waals surface area contributed by atoms with Gasteiger partial charge in [-0.05, 0) is 27.7 Å². The third kappa shape index (κ3) is 7.75. The monoisotopic (exact) mass is 618 g/mol. The third-order valence-corrected chi connectivity index (χ3v) is 8.02. The average Bonchev–Trinajstić information content (AvgIpc) is 2.96. The Morgan fingerprint density at radius 3 is 1.40 bits per heavy atom. The molecular weight excluding hydrogens is 572 g/mol. The Hall–Kier alpha value is -0.680. The van der Waals surface area contributed by atoms with Gasteiger partial charge in [-0.1, -0.05) is 0 Å². The summed E-state index contributed by atoms with van der Waals surface area (Å²) in [5.41, 5.74) is 0. The molecule has 4 heterocycles. The minimum Gasteiger partial charge on any atom is -0.394 e. The van der Waals surface area contributed by atoms with Crippen LogP contribution >= 0.6 is 0 Å². The third-order valence-electron chi connectivity index (χ3n) is 8.02. The van der Waals surface area contributed by atoms with Gasteiger partial charge in [-0.15, -0.1) is 0 Å². The largest absolute Gasteiger partial charge is 0.394 e. The van der Waals surface area contributed by atoms with Crippen molar-refractivity contribution < 1.29 is 84.6 Å². The zero-order valence-corrected chi connectivity index (χ0v) is 23.8. The maximum absolute atomic E-state index is 10.1. The van der Waals surface area contributed by atoms with E-state index in [1.807, 2.05) is 0 Å². The first-order valence-electron chi connectivity index (χ1n) is 13.9. The molecule has 4 aliphatic rings. The van der Waals surface area contributed by atoms with Gasteiger partial charge in [0.05, 0.1) is 37.6 Å². The van der Waals surface area contributed by atoms with Crippen LogP contribution in [0.1, 0.15) is 27.7 Å². The van der Waals surface area contributed by atoms with Crippen LogP contribution < -0.4 is 0 Å². The Morgan fingerprint density at radius 2 is 0.952 bits per heavy atom. The van der Waals surface area contributed by atoms with Crippen molar-refractivity contribution in [1.29, 1.82) is 0 Å². The van der Waals surface area contributed by atoms with Gasteiger partial charge in [0.2, 0.25) is 0 Å². The number of hydrogen-bond donors (Lipinski definition) is 11. The second-order valence-electron chi connectivity index (χ2n) is 11.2. The highest BCUT2D eigenvalue weighted by molar-refractivity contribution is 4.94. The maximum Gasteiger partial charge on any atom is 0.187 e. The van der Waals surface area contributed by atoms with Crippen LogP contribution in [0.2, 0.25) is 0 Å². The molecule has 4 fully saturated rings. The summed E-state index contributed by atoms with van der Waals surface area (Å²) in [6.07, 6.45) is -21.4. The molecule has 4 rings (SSSR count). The number of aliphatic hydroxyl groups excluding tert-OH is 11. The fraction of sp³-hybridized carbons (Fsp3) is 1.00. The molecule has 0 aromatic carbocycles. The second-order valence-corrected chi connectivity index (χ2v) is 11.2. The van der Waals surface area contributed by atoms with E-state index in [1.54, 1.807) is 13.8 Å². The summed E-state index contributed by atoms with van der Waals surface area (Å²) in [6.45, 7) is 5.80. The maximum atomic E-state index is 10.1. The van der Waals surface area contributed by atoms with Gasteiger partial charge >= 0.3 is 0 Å². The standard InChI is InChI=1S/C13H24O9.C12H22O8/c1-4-7(15)9(17)11(19)13(21-4)22-12-5(2)20-6(3-14)8(16)10(12)18;1-4-7(14)9(16)10(17)12(19-4)20-11-5(2)18-3-6(13)8(11)15/h4-19H,3H2,1-2H3;4-17H,3H2,1-2H3/t4?,5?,6-,7?,8-,9+,10?,11+,12+,13+;4?,5-,6?,7?,8+,9-,10-,11-,12-/m10/s1. The van der Waals surface area contributed by atoms with E-state index in [-0.39, 0.29) is 6.61 Å². The summed E-state index contributed by atoms with van der Waals surface area (Å²) in [6, 6.07) is 0. The Bertz CT molecular complexity index is 824. The molecule has 0 amide bonds. The van der Waals surface area contributed by atoms with E-state index < -0.39 is 123 Å². The summed E-state index contributed by atoms with van der Waals surface area (Å²) in [7, 11) is 0. The lowest BCUT2D eigenvalue weighted by Crippen LogP contribution is -2.63. The van der Waals surface area contributed by atoms with E-state index >= 15 is 0 Å². The van der Waals surface area contributed by atoms with Crippen LogP contribution in [0.3, 0.4) is 0 Å². The fourth-order valence-electron chi connectivity index (χ4n) is 5.16. The Morgan fingerprint density at radius 1 is 0.500 bits per heavy atom. The minimum atomic E-state index is -1.52. The molecule has 0 bridgehead atoms. The SMILES string of the molecule is CC1O[C@@H](O[C@H]2C(C)O[C@H](CO)[C@@H](O)C2O)[C@@H](O)[C@@H](O)C1O.CC1O[C@@H](O[C@H]2[C@H](C)OCC(O)[C@H]2O)[C@@H](O)[C@@H](O)C1O. The highest BCUT2D eigenvalue weighted by Gasteiger charge is 2.49. The molecule has 0 aliphatic carbocycles. The predicted octanol–water partition coefficient (Wildman–Crippen LogP) is -5.96. The van der Waals surface area contributed by atoms with Crippen LogP contribution in [0.25, 0.3) is 0 Å². The lowest BCUT2D eigenvalue weighted by atomic mass is 9.95. The molecule has 42 heavy (non-hydrogen) atoms. The normalized spacial score (nSPS) is 53.6. The van der Waals surface area contributed by atoms with E-state index in [2.05, 4.69) is 0 Å². The van der Waals surface area contributed by atoms with Crippen molar-refractivity contribution in [2.45, 2.75) is 144 Å². The highest BCUT2D eigenvalue weighted by atomic mass is 16.7. The van der Waals surface area contributed by atoms with Crippen LogP contribution in [0.4, 0.5) is 0 Å². The first-order chi connectivity index (χ1) is 19.6. The molecule has 7 unspecified atom stereocenters. The van der Waals surface area contributed by atoms with Gasteiger partial charge in [0, 0.05) is 0 Å². The van der Waals surface area contributed by atoms with Crippen molar-refractivity contribution in [1.82, 2.24) is 0 Å².